The van der Waals surface area contributed by atoms with Gasteiger partial charge in [-0.05, 0) is 44.4 Å². The molecular formula is C19H27FN2O5S. The molecule has 156 valence electrons. The van der Waals surface area contributed by atoms with Crippen molar-refractivity contribution in [3.8, 4) is 0 Å². The predicted molar refractivity (Wildman–Crippen MR) is 102 cm³/mol. The number of piperidine rings is 1. The second-order valence-electron chi connectivity index (χ2n) is 6.74. The van der Waals surface area contributed by atoms with E-state index in [0.29, 0.717) is 6.54 Å². The number of carbonyl (C=O) groups excluding carboxylic acids is 2. The highest BCUT2D eigenvalue weighted by atomic mass is 32.2. The van der Waals surface area contributed by atoms with Crippen molar-refractivity contribution < 1.29 is 27.1 Å². The number of ether oxygens (including phenoxy) is 1. The van der Waals surface area contributed by atoms with Gasteiger partial charge in [0, 0.05) is 25.7 Å². The third-order valence-electron chi connectivity index (χ3n) is 4.95. The van der Waals surface area contributed by atoms with Crippen molar-refractivity contribution in [1.29, 1.82) is 0 Å². The molecule has 9 heteroatoms. The molecule has 1 aromatic carbocycles. The Bertz CT molecular complexity index is 824. The SMILES string of the molecule is CCN(CC)S(=O)(=O)c1ccc(F)c(C(=O)OCC(=O)N2CCCC[C@H]2C)c1. The third kappa shape index (κ3) is 4.88. The van der Waals surface area contributed by atoms with Gasteiger partial charge in [0.1, 0.15) is 5.82 Å². The zero-order valence-corrected chi connectivity index (χ0v) is 17.3. The monoisotopic (exact) mass is 414 g/mol. The van der Waals surface area contributed by atoms with Crippen LogP contribution in [0.25, 0.3) is 0 Å². The van der Waals surface area contributed by atoms with Crippen molar-refractivity contribution >= 4 is 21.9 Å². The maximum absolute atomic E-state index is 14.1. The van der Waals surface area contributed by atoms with Gasteiger partial charge in [0.2, 0.25) is 10.0 Å². The first-order valence-electron chi connectivity index (χ1n) is 9.48. The fraction of sp³-hybridized carbons (Fsp3) is 0.579. The van der Waals surface area contributed by atoms with Gasteiger partial charge in [-0.1, -0.05) is 13.8 Å². The Balaban J connectivity index is 2.14. The van der Waals surface area contributed by atoms with Gasteiger partial charge in [-0.2, -0.15) is 4.31 Å². The van der Waals surface area contributed by atoms with Gasteiger partial charge in [-0.15, -0.1) is 0 Å². The van der Waals surface area contributed by atoms with E-state index in [0.717, 1.165) is 37.5 Å². The summed E-state index contributed by atoms with van der Waals surface area (Å²) in [7, 11) is -3.85. The van der Waals surface area contributed by atoms with Gasteiger partial charge >= 0.3 is 5.97 Å². The zero-order chi connectivity index (χ0) is 20.9. The van der Waals surface area contributed by atoms with E-state index in [1.54, 1.807) is 18.7 Å². The summed E-state index contributed by atoms with van der Waals surface area (Å²) in [6, 6.07) is 3.06. The lowest BCUT2D eigenvalue weighted by Gasteiger charge is -2.33. The van der Waals surface area contributed by atoms with Crippen LogP contribution in [-0.2, 0) is 19.6 Å². The lowest BCUT2D eigenvalue weighted by atomic mass is 10.0. The van der Waals surface area contributed by atoms with Crippen molar-refractivity contribution in [3.05, 3.63) is 29.6 Å². The molecule has 0 aliphatic carbocycles. The Morgan fingerprint density at radius 1 is 1.25 bits per heavy atom. The number of halogens is 1. The molecule has 1 saturated heterocycles. The molecule has 0 aromatic heterocycles. The van der Waals surface area contributed by atoms with E-state index >= 15 is 0 Å². The molecule has 1 aliphatic heterocycles. The zero-order valence-electron chi connectivity index (χ0n) is 16.5. The van der Waals surface area contributed by atoms with E-state index in [1.807, 2.05) is 6.92 Å². The topological polar surface area (TPSA) is 84.0 Å². The molecule has 0 unspecified atom stereocenters. The summed E-state index contributed by atoms with van der Waals surface area (Å²) in [5.74, 6) is -2.30. The molecule has 7 nitrogen and oxygen atoms in total. The average Bonchev–Trinajstić information content (AvgIpc) is 2.67. The van der Waals surface area contributed by atoms with Gasteiger partial charge < -0.3 is 9.64 Å². The number of esters is 1. The number of benzene rings is 1. The minimum absolute atomic E-state index is 0.0687. The van der Waals surface area contributed by atoms with Crippen LogP contribution in [0.1, 0.15) is 50.4 Å². The molecule has 2 rings (SSSR count). The number of rotatable bonds is 7. The van der Waals surface area contributed by atoms with E-state index in [-0.39, 0.29) is 29.9 Å². The summed E-state index contributed by atoms with van der Waals surface area (Å²) in [4.78, 5) is 26.0. The van der Waals surface area contributed by atoms with E-state index in [1.165, 1.54) is 4.31 Å². The molecule has 1 aliphatic rings. The molecule has 0 saturated carbocycles. The summed E-state index contributed by atoms with van der Waals surface area (Å²) in [6.45, 7) is 5.90. The van der Waals surface area contributed by atoms with Crippen LogP contribution in [0.3, 0.4) is 0 Å². The smallest absolute Gasteiger partial charge is 0.341 e. The fourth-order valence-corrected chi connectivity index (χ4v) is 4.78. The highest BCUT2D eigenvalue weighted by Gasteiger charge is 2.27. The first-order chi connectivity index (χ1) is 13.2. The van der Waals surface area contributed by atoms with Crippen LogP contribution in [-0.4, -0.2) is 61.8 Å². The van der Waals surface area contributed by atoms with Crippen molar-refractivity contribution in [2.45, 2.75) is 51.0 Å². The number of sulfonamides is 1. The molecule has 0 radical (unpaired) electrons. The summed E-state index contributed by atoms with van der Waals surface area (Å²) in [5, 5.41) is 0. The van der Waals surface area contributed by atoms with Crippen molar-refractivity contribution in [2.75, 3.05) is 26.2 Å². The molecule has 1 heterocycles. The van der Waals surface area contributed by atoms with Crippen LogP contribution in [0.15, 0.2) is 23.1 Å². The maximum atomic E-state index is 14.1. The van der Waals surface area contributed by atoms with Gasteiger partial charge in [-0.25, -0.2) is 17.6 Å². The van der Waals surface area contributed by atoms with Gasteiger partial charge in [0.15, 0.2) is 6.61 Å². The van der Waals surface area contributed by atoms with Crippen molar-refractivity contribution in [2.24, 2.45) is 0 Å². The summed E-state index contributed by atoms with van der Waals surface area (Å²) < 4.78 is 45.4. The minimum atomic E-state index is -3.85. The molecule has 1 fully saturated rings. The molecular weight excluding hydrogens is 387 g/mol. The van der Waals surface area contributed by atoms with Gasteiger partial charge in [0.05, 0.1) is 10.5 Å². The van der Waals surface area contributed by atoms with E-state index in [9.17, 15) is 22.4 Å². The van der Waals surface area contributed by atoms with Crippen LogP contribution in [0.5, 0.6) is 0 Å². The summed E-state index contributed by atoms with van der Waals surface area (Å²) >= 11 is 0. The van der Waals surface area contributed by atoms with Crippen molar-refractivity contribution in [1.82, 2.24) is 9.21 Å². The molecule has 0 bridgehead atoms. The van der Waals surface area contributed by atoms with Crippen LogP contribution < -0.4 is 0 Å². The Labute approximate surface area is 165 Å². The second kappa shape index (κ2) is 9.47. The Morgan fingerprint density at radius 2 is 1.93 bits per heavy atom. The first-order valence-corrected chi connectivity index (χ1v) is 10.9. The fourth-order valence-electron chi connectivity index (χ4n) is 3.29. The maximum Gasteiger partial charge on any atom is 0.341 e. The Morgan fingerprint density at radius 3 is 2.54 bits per heavy atom. The number of likely N-dealkylation sites (tertiary alicyclic amines) is 1. The highest BCUT2D eigenvalue weighted by molar-refractivity contribution is 7.89. The summed E-state index contributed by atoms with van der Waals surface area (Å²) in [6.07, 6.45) is 2.83. The van der Waals surface area contributed by atoms with Crippen LogP contribution in [0, 0.1) is 5.82 Å². The van der Waals surface area contributed by atoms with Crippen LogP contribution >= 0.6 is 0 Å². The molecule has 1 amide bonds. The van der Waals surface area contributed by atoms with Crippen LogP contribution in [0.4, 0.5) is 4.39 Å². The highest BCUT2D eigenvalue weighted by Crippen LogP contribution is 2.20. The van der Waals surface area contributed by atoms with E-state index in [4.69, 9.17) is 4.74 Å². The molecule has 0 N–H and O–H groups in total. The summed E-state index contributed by atoms with van der Waals surface area (Å²) in [5.41, 5.74) is -0.507. The number of hydrogen-bond acceptors (Lipinski definition) is 5. The lowest BCUT2D eigenvalue weighted by molar-refractivity contribution is -0.137. The molecule has 1 atom stereocenters. The van der Waals surface area contributed by atoms with Gasteiger partial charge in [0.25, 0.3) is 5.91 Å². The predicted octanol–water partition coefficient (Wildman–Crippen LogP) is 2.41. The largest absolute Gasteiger partial charge is 0.452 e. The quantitative estimate of drug-likeness (QED) is 0.640. The van der Waals surface area contributed by atoms with Crippen molar-refractivity contribution in [3.63, 3.8) is 0 Å². The first kappa shape index (κ1) is 22.3. The standard InChI is InChI=1S/C19H27FN2O5S/c1-4-21(5-2)28(25,26)15-9-10-17(20)16(12-15)19(24)27-13-18(23)22-11-7-6-8-14(22)3/h9-10,12,14H,4-8,11,13H2,1-3H3/t14-/m1/s1. The Kier molecular flexibility index (Phi) is 7.54. The number of amides is 1. The third-order valence-corrected chi connectivity index (χ3v) is 7.00. The van der Waals surface area contributed by atoms with Gasteiger partial charge in [-0.3, -0.25) is 4.79 Å². The number of nitrogens with zero attached hydrogens (tertiary/aromatic N) is 2. The van der Waals surface area contributed by atoms with Crippen LogP contribution in [0.2, 0.25) is 0 Å². The molecule has 28 heavy (non-hydrogen) atoms. The molecule has 1 aromatic rings. The molecule has 0 spiro atoms. The lowest BCUT2D eigenvalue weighted by Crippen LogP contribution is -2.44. The Hall–Kier alpha value is -2.00. The number of carbonyl (C=O) groups is 2. The number of hydrogen-bond donors (Lipinski definition) is 0. The minimum Gasteiger partial charge on any atom is -0.452 e. The normalized spacial score (nSPS) is 17.6. The second-order valence-corrected chi connectivity index (χ2v) is 8.68. The average molecular weight is 414 g/mol. The van der Waals surface area contributed by atoms with E-state index in [2.05, 4.69) is 0 Å². The van der Waals surface area contributed by atoms with E-state index < -0.39 is 34.0 Å².